The van der Waals surface area contributed by atoms with Gasteiger partial charge in [-0.05, 0) is 30.0 Å². The number of aromatic nitrogens is 3. The number of piperazine rings is 1. The molecule has 2 aromatic heterocycles. The Hall–Kier alpha value is -2.40. The number of hydrogen-bond acceptors (Lipinski definition) is 4. The highest BCUT2D eigenvalue weighted by molar-refractivity contribution is 5.80. The lowest BCUT2D eigenvalue weighted by Gasteiger charge is -2.35. The molecule has 0 radical (unpaired) electrons. The maximum absolute atomic E-state index is 4.40. The molecule has 0 unspecified atom stereocenters. The SMILES string of the molecule is CCn1ccc2ccc(CN3CCN(c4cnccn4)CC3)cc21. The molecule has 0 saturated carbocycles. The van der Waals surface area contributed by atoms with Crippen LogP contribution in [0.15, 0.2) is 49.1 Å². The fourth-order valence-corrected chi connectivity index (χ4v) is 3.45. The third-order valence-corrected chi connectivity index (χ3v) is 4.83. The van der Waals surface area contributed by atoms with Crippen molar-refractivity contribution in [3.8, 4) is 0 Å². The fourth-order valence-electron chi connectivity index (χ4n) is 3.45. The Labute approximate surface area is 142 Å². The predicted molar refractivity (Wildman–Crippen MR) is 97.1 cm³/mol. The summed E-state index contributed by atoms with van der Waals surface area (Å²) < 4.78 is 2.31. The maximum atomic E-state index is 4.40. The third kappa shape index (κ3) is 2.99. The van der Waals surface area contributed by atoms with Gasteiger partial charge in [0, 0.05) is 63.4 Å². The summed E-state index contributed by atoms with van der Waals surface area (Å²) in [6.45, 7) is 8.35. The summed E-state index contributed by atoms with van der Waals surface area (Å²) in [6.07, 6.45) is 7.51. The van der Waals surface area contributed by atoms with E-state index in [0.29, 0.717) is 0 Å². The highest BCUT2D eigenvalue weighted by Crippen LogP contribution is 2.20. The average Bonchev–Trinajstić information content (AvgIpc) is 3.05. The van der Waals surface area contributed by atoms with E-state index >= 15 is 0 Å². The van der Waals surface area contributed by atoms with Crippen LogP contribution < -0.4 is 4.90 Å². The van der Waals surface area contributed by atoms with E-state index in [1.807, 2.05) is 6.20 Å². The van der Waals surface area contributed by atoms with Gasteiger partial charge < -0.3 is 9.47 Å². The molecule has 5 heteroatoms. The zero-order valence-corrected chi connectivity index (χ0v) is 14.1. The first kappa shape index (κ1) is 15.1. The van der Waals surface area contributed by atoms with Crippen molar-refractivity contribution in [3.63, 3.8) is 0 Å². The number of benzene rings is 1. The van der Waals surface area contributed by atoms with Crippen molar-refractivity contribution in [3.05, 3.63) is 54.6 Å². The van der Waals surface area contributed by atoms with Crippen LogP contribution >= 0.6 is 0 Å². The lowest BCUT2D eigenvalue weighted by atomic mass is 10.1. The molecule has 1 fully saturated rings. The van der Waals surface area contributed by atoms with Gasteiger partial charge in [-0.15, -0.1) is 0 Å². The quantitative estimate of drug-likeness (QED) is 0.740. The Balaban J connectivity index is 1.42. The van der Waals surface area contributed by atoms with Gasteiger partial charge in [-0.1, -0.05) is 12.1 Å². The minimum atomic E-state index is 0.986. The number of aryl methyl sites for hydroxylation is 1. The molecule has 5 nitrogen and oxygen atoms in total. The zero-order valence-electron chi connectivity index (χ0n) is 14.1. The van der Waals surface area contributed by atoms with E-state index in [1.54, 1.807) is 12.4 Å². The molecular formula is C19H23N5. The van der Waals surface area contributed by atoms with E-state index in [-0.39, 0.29) is 0 Å². The van der Waals surface area contributed by atoms with Gasteiger partial charge in [-0.25, -0.2) is 4.98 Å². The van der Waals surface area contributed by atoms with E-state index in [9.17, 15) is 0 Å². The zero-order chi connectivity index (χ0) is 16.4. The Morgan fingerprint density at radius 2 is 1.92 bits per heavy atom. The van der Waals surface area contributed by atoms with Crippen molar-refractivity contribution in [1.82, 2.24) is 19.4 Å². The van der Waals surface area contributed by atoms with Crippen molar-refractivity contribution >= 4 is 16.7 Å². The Morgan fingerprint density at radius 1 is 1.04 bits per heavy atom. The molecule has 3 heterocycles. The van der Waals surface area contributed by atoms with Crippen molar-refractivity contribution in [2.45, 2.75) is 20.0 Å². The summed E-state index contributed by atoms with van der Waals surface area (Å²) in [5, 5.41) is 1.33. The molecule has 0 spiro atoms. The Bertz CT molecular complexity index is 803. The number of nitrogens with zero attached hydrogens (tertiary/aromatic N) is 5. The van der Waals surface area contributed by atoms with E-state index < -0.39 is 0 Å². The molecule has 0 aliphatic carbocycles. The lowest BCUT2D eigenvalue weighted by molar-refractivity contribution is 0.249. The molecular weight excluding hydrogens is 298 g/mol. The van der Waals surface area contributed by atoms with Gasteiger partial charge in [0.15, 0.2) is 0 Å². The first-order valence-electron chi connectivity index (χ1n) is 8.64. The molecule has 1 aromatic carbocycles. The van der Waals surface area contributed by atoms with Crippen LogP contribution in [0.5, 0.6) is 0 Å². The fraction of sp³-hybridized carbons (Fsp3) is 0.368. The molecule has 0 bridgehead atoms. The molecule has 1 aliphatic rings. The minimum Gasteiger partial charge on any atom is -0.353 e. The molecule has 1 saturated heterocycles. The van der Waals surface area contributed by atoms with Gasteiger partial charge in [0.25, 0.3) is 0 Å². The number of anilines is 1. The van der Waals surface area contributed by atoms with Crippen LogP contribution in [0.1, 0.15) is 12.5 Å². The van der Waals surface area contributed by atoms with Gasteiger partial charge in [-0.3, -0.25) is 9.88 Å². The van der Waals surface area contributed by atoms with Gasteiger partial charge in [0.05, 0.1) is 6.20 Å². The van der Waals surface area contributed by atoms with Gasteiger partial charge >= 0.3 is 0 Å². The number of rotatable bonds is 4. The standard InChI is InChI=1S/C19H23N5/c1-2-23-8-5-17-4-3-16(13-18(17)23)15-22-9-11-24(12-10-22)19-14-20-6-7-21-19/h3-8,13-14H,2,9-12,15H2,1H3. The van der Waals surface area contributed by atoms with Crippen LogP contribution in [0.3, 0.4) is 0 Å². The largest absolute Gasteiger partial charge is 0.353 e. The van der Waals surface area contributed by atoms with Crippen molar-refractivity contribution < 1.29 is 0 Å². The summed E-state index contributed by atoms with van der Waals surface area (Å²) in [7, 11) is 0. The molecule has 24 heavy (non-hydrogen) atoms. The number of fused-ring (bicyclic) bond motifs is 1. The normalized spacial score (nSPS) is 16.0. The summed E-state index contributed by atoms with van der Waals surface area (Å²) in [4.78, 5) is 13.4. The van der Waals surface area contributed by atoms with Crippen LogP contribution in [0.2, 0.25) is 0 Å². The summed E-state index contributed by atoms with van der Waals surface area (Å²) in [5.41, 5.74) is 2.73. The Kier molecular flexibility index (Phi) is 4.17. The van der Waals surface area contributed by atoms with Crippen LogP contribution in [-0.4, -0.2) is 45.6 Å². The summed E-state index contributed by atoms with van der Waals surface area (Å²) in [6, 6.07) is 9.04. The Morgan fingerprint density at radius 3 is 2.67 bits per heavy atom. The number of hydrogen-bond donors (Lipinski definition) is 0. The van der Waals surface area contributed by atoms with Crippen molar-refractivity contribution in [2.24, 2.45) is 0 Å². The molecule has 0 amide bonds. The molecule has 124 valence electrons. The maximum Gasteiger partial charge on any atom is 0.147 e. The second-order valence-electron chi connectivity index (χ2n) is 6.32. The second-order valence-corrected chi connectivity index (χ2v) is 6.32. The highest BCUT2D eigenvalue weighted by Gasteiger charge is 2.18. The highest BCUT2D eigenvalue weighted by atomic mass is 15.3. The second kappa shape index (κ2) is 6.61. The van der Waals surface area contributed by atoms with E-state index in [1.165, 1.54) is 16.5 Å². The van der Waals surface area contributed by atoms with Crippen molar-refractivity contribution in [1.29, 1.82) is 0 Å². The van der Waals surface area contributed by atoms with Crippen LogP contribution in [0.25, 0.3) is 10.9 Å². The molecule has 0 N–H and O–H groups in total. The van der Waals surface area contributed by atoms with E-state index in [2.05, 4.69) is 61.7 Å². The topological polar surface area (TPSA) is 37.2 Å². The van der Waals surface area contributed by atoms with Gasteiger partial charge in [0.2, 0.25) is 0 Å². The first-order valence-corrected chi connectivity index (χ1v) is 8.64. The van der Waals surface area contributed by atoms with Crippen LogP contribution in [-0.2, 0) is 13.1 Å². The van der Waals surface area contributed by atoms with Crippen molar-refractivity contribution in [2.75, 3.05) is 31.1 Å². The van der Waals surface area contributed by atoms with Crippen LogP contribution in [0.4, 0.5) is 5.82 Å². The molecule has 1 aliphatic heterocycles. The van der Waals surface area contributed by atoms with Gasteiger partial charge in [0.1, 0.15) is 5.82 Å². The average molecular weight is 321 g/mol. The monoisotopic (exact) mass is 321 g/mol. The van der Waals surface area contributed by atoms with E-state index in [0.717, 1.165) is 45.1 Å². The smallest absolute Gasteiger partial charge is 0.147 e. The predicted octanol–water partition coefficient (Wildman–Crippen LogP) is 2.77. The lowest BCUT2D eigenvalue weighted by Crippen LogP contribution is -2.46. The first-order chi connectivity index (χ1) is 11.8. The van der Waals surface area contributed by atoms with Gasteiger partial charge in [-0.2, -0.15) is 0 Å². The minimum absolute atomic E-state index is 0.986. The third-order valence-electron chi connectivity index (χ3n) is 4.83. The molecule has 4 rings (SSSR count). The molecule has 3 aromatic rings. The summed E-state index contributed by atoms with van der Waals surface area (Å²) in [5.74, 6) is 0.986. The van der Waals surface area contributed by atoms with E-state index in [4.69, 9.17) is 0 Å². The van der Waals surface area contributed by atoms with Crippen LogP contribution in [0, 0.1) is 0 Å². The summed E-state index contributed by atoms with van der Waals surface area (Å²) >= 11 is 0. The molecule has 0 atom stereocenters.